The maximum absolute atomic E-state index is 12.2. The fourth-order valence-electron chi connectivity index (χ4n) is 1.89. The van der Waals surface area contributed by atoms with Gasteiger partial charge < -0.3 is 14.6 Å². The summed E-state index contributed by atoms with van der Waals surface area (Å²) in [5.41, 5.74) is 3.27. The van der Waals surface area contributed by atoms with Crippen LogP contribution >= 0.6 is 45.2 Å². The molecule has 2 aromatic carbocycles. The summed E-state index contributed by atoms with van der Waals surface area (Å²) < 4.78 is 12.0. The molecule has 2 rings (SSSR count). The number of aromatic hydroxyl groups is 1. The molecule has 0 bridgehead atoms. The summed E-state index contributed by atoms with van der Waals surface area (Å²) in [6, 6.07) is 8.48. The summed E-state index contributed by atoms with van der Waals surface area (Å²) in [5.74, 6) is 0.667. The van der Waals surface area contributed by atoms with Gasteiger partial charge in [-0.3, -0.25) is 4.79 Å². The Labute approximate surface area is 166 Å². The van der Waals surface area contributed by atoms with Gasteiger partial charge in [-0.25, -0.2) is 5.43 Å². The van der Waals surface area contributed by atoms with Crippen LogP contribution < -0.4 is 14.9 Å². The van der Waals surface area contributed by atoms with Gasteiger partial charge in [-0.2, -0.15) is 5.10 Å². The van der Waals surface area contributed by atoms with Crippen molar-refractivity contribution in [2.24, 2.45) is 5.10 Å². The molecular weight excluding hydrogens is 538 g/mol. The van der Waals surface area contributed by atoms with Gasteiger partial charge >= 0.3 is 0 Å². The first kappa shape index (κ1) is 18.8. The Morgan fingerprint density at radius 3 is 2.62 bits per heavy atom. The van der Waals surface area contributed by atoms with Crippen LogP contribution in [0.3, 0.4) is 0 Å². The average molecular weight is 552 g/mol. The Balaban J connectivity index is 2.16. The van der Waals surface area contributed by atoms with Crippen LogP contribution in [0.2, 0.25) is 0 Å². The highest BCUT2D eigenvalue weighted by Gasteiger charge is 2.13. The van der Waals surface area contributed by atoms with Gasteiger partial charge in [0.2, 0.25) is 0 Å². The monoisotopic (exact) mass is 552 g/mol. The molecule has 126 valence electrons. The predicted molar refractivity (Wildman–Crippen MR) is 108 cm³/mol. The molecular formula is C16H14I2N2O4. The van der Waals surface area contributed by atoms with Crippen LogP contribution in [0.1, 0.15) is 15.9 Å². The number of hydrogen-bond acceptors (Lipinski definition) is 5. The summed E-state index contributed by atoms with van der Waals surface area (Å²) in [4.78, 5) is 12.2. The quantitative estimate of drug-likeness (QED) is 0.339. The Kier molecular flexibility index (Phi) is 6.66. The third-order valence-electron chi connectivity index (χ3n) is 3.08. The number of carbonyl (C=O) groups is 1. The van der Waals surface area contributed by atoms with Crippen LogP contribution in [0.4, 0.5) is 0 Å². The molecule has 24 heavy (non-hydrogen) atoms. The van der Waals surface area contributed by atoms with Crippen molar-refractivity contribution in [1.29, 1.82) is 0 Å². The van der Waals surface area contributed by atoms with Gasteiger partial charge in [-0.15, -0.1) is 0 Å². The third kappa shape index (κ3) is 4.50. The zero-order valence-electron chi connectivity index (χ0n) is 12.8. The molecule has 0 saturated carbocycles. The molecule has 2 N–H and O–H groups in total. The molecule has 0 atom stereocenters. The zero-order valence-corrected chi connectivity index (χ0v) is 17.2. The van der Waals surface area contributed by atoms with E-state index in [1.165, 1.54) is 20.4 Å². The van der Waals surface area contributed by atoms with Crippen LogP contribution in [0.5, 0.6) is 17.2 Å². The lowest BCUT2D eigenvalue weighted by Gasteiger charge is -2.09. The van der Waals surface area contributed by atoms with E-state index < -0.39 is 5.91 Å². The highest BCUT2D eigenvalue weighted by Crippen LogP contribution is 2.26. The number of halogens is 2. The van der Waals surface area contributed by atoms with E-state index in [4.69, 9.17) is 9.47 Å². The number of methoxy groups -OCH3 is 2. The highest BCUT2D eigenvalue weighted by molar-refractivity contribution is 14.1. The molecule has 0 aromatic heterocycles. The summed E-state index contributed by atoms with van der Waals surface area (Å²) in [5, 5.41) is 13.9. The third-order valence-corrected chi connectivity index (χ3v) is 4.53. The molecule has 0 aliphatic carbocycles. The fourth-order valence-corrected chi connectivity index (χ4v) is 3.78. The Hall–Kier alpha value is -1.56. The van der Waals surface area contributed by atoms with Gasteiger partial charge in [0.25, 0.3) is 5.91 Å². The topological polar surface area (TPSA) is 80.2 Å². The molecule has 0 aliphatic rings. The van der Waals surface area contributed by atoms with Crippen molar-refractivity contribution >= 4 is 57.3 Å². The standard InChI is InChI=1S/C16H14I2N2O4/c1-23-11-3-4-12(14(7-11)24-2)16(22)20-19-8-9-5-10(17)6-13(18)15(9)21/h3-8,21H,1-2H3,(H,20,22)/b19-8-. The Morgan fingerprint density at radius 2 is 1.96 bits per heavy atom. The zero-order chi connectivity index (χ0) is 17.7. The first-order valence-corrected chi connectivity index (χ1v) is 8.85. The average Bonchev–Trinajstić information content (AvgIpc) is 2.58. The Morgan fingerprint density at radius 1 is 1.21 bits per heavy atom. The minimum atomic E-state index is -0.425. The summed E-state index contributed by atoms with van der Waals surface area (Å²) in [7, 11) is 3.01. The van der Waals surface area contributed by atoms with E-state index in [-0.39, 0.29) is 5.75 Å². The van der Waals surface area contributed by atoms with Crippen LogP contribution in [-0.2, 0) is 0 Å². The number of carbonyl (C=O) groups excluding carboxylic acids is 1. The lowest BCUT2D eigenvalue weighted by Crippen LogP contribution is -2.18. The van der Waals surface area contributed by atoms with Crippen molar-refractivity contribution < 1.29 is 19.4 Å². The summed E-state index contributed by atoms with van der Waals surface area (Å²) in [6.07, 6.45) is 1.40. The summed E-state index contributed by atoms with van der Waals surface area (Å²) >= 11 is 4.18. The number of nitrogens with zero attached hydrogens (tertiary/aromatic N) is 1. The molecule has 8 heteroatoms. The molecule has 0 saturated heterocycles. The summed E-state index contributed by atoms with van der Waals surface area (Å²) in [6.45, 7) is 0. The molecule has 0 unspecified atom stereocenters. The number of benzene rings is 2. The number of amides is 1. The molecule has 0 aliphatic heterocycles. The van der Waals surface area contributed by atoms with Gasteiger partial charge in [0.1, 0.15) is 17.2 Å². The number of hydrogen-bond donors (Lipinski definition) is 2. The highest BCUT2D eigenvalue weighted by atomic mass is 127. The molecule has 6 nitrogen and oxygen atoms in total. The van der Waals surface area contributed by atoms with Crippen molar-refractivity contribution in [2.45, 2.75) is 0 Å². The number of rotatable bonds is 5. The SMILES string of the molecule is COc1ccc(C(=O)N/N=C\c2cc(I)cc(I)c2O)c(OC)c1. The first-order valence-electron chi connectivity index (χ1n) is 6.69. The van der Waals surface area contributed by atoms with Crippen molar-refractivity contribution in [1.82, 2.24) is 5.43 Å². The predicted octanol–water partition coefficient (Wildman–Crippen LogP) is 3.38. The number of ether oxygens (including phenoxy) is 2. The minimum absolute atomic E-state index is 0.121. The second kappa shape index (κ2) is 8.51. The van der Waals surface area contributed by atoms with Crippen molar-refractivity contribution in [3.63, 3.8) is 0 Å². The number of phenols is 1. The number of nitrogens with one attached hydrogen (secondary N) is 1. The van der Waals surface area contributed by atoms with Gasteiger partial charge in [0.15, 0.2) is 0 Å². The van der Waals surface area contributed by atoms with Crippen LogP contribution in [0.25, 0.3) is 0 Å². The minimum Gasteiger partial charge on any atom is -0.506 e. The van der Waals surface area contributed by atoms with Gasteiger partial charge in [-0.1, -0.05) is 0 Å². The number of hydrazone groups is 1. The van der Waals surface area contributed by atoms with E-state index in [1.54, 1.807) is 24.3 Å². The maximum atomic E-state index is 12.2. The Bertz CT molecular complexity index is 794. The van der Waals surface area contributed by atoms with Gasteiger partial charge in [0.05, 0.1) is 29.6 Å². The lowest BCUT2D eigenvalue weighted by atomic mass is 10.2. The van der Waals surface area contributed by atoms with E-state index >= 15 is 0 Å². The van der Waals surface area contributed by atoms with Gasteiger partial charge in [0, 0.05) is 15.2 Å². The molecule has 0 fully saturated rings. The van der Waals surface area contributed by atoms with Crippen molar-refractivity contribution in [3.05, 3.63) is 48.6 Å². The lowest BCUT2D eigenvalue weighted by molar-refractivity contribution is 0.0952. The van der Waals surface area contributed by atoms with E-state index in [1.807, 2.05) is 28.7 Å². The van der Waals surface area contributed by atoms with E-state index in [2.05, 4.69) is 33.1 Å². The van der Waals surface area contributed by atoms with Crippen LogP contribution in [0.15, 0.2) is 35.4 Å². The second-order valence-electron chi connectivity index (χ2n) is 4.59. The van der Waals surface area contributed by atoms with Crippen molar-refractivity contribution in [2.75, 3.05) is 14.2 Å². The van der Waals surface area contributed by atoms with E-state index in [9.17, 15) is 9.90 Å². The first-order chi connectivity index (χ1) is 11.5. The molecule has 0 radical (unpaired) electrons. The van der Waals surface area contributed by atoms with Gasteiger partial charge in [-0.05, 0) is 69.4 Å². The smallest absolute Gasteiger partial charge is 0.275 e. The van der Waals surface area contributed by atoms with E-state index in [0.29, 0.717) is 26.2 Å². The second-order valence-corrected chi connectivity index (χ2v) is 7.00. The van der Waals surface area contributed by atoms with Crippen LogP contribution in [0, 0.1) is 7.14 Å². The molecule has 1 amide bonds. The largest absolute Gasteiger partial charge is 0.506 e. The maximum Gasteiger partial charge on any atom is 0.275 e. The molecule has 2 aromatic rings. The van der Waals surface area contributed by atoms with E-state index in [0.717, 1.165) is 3.57 Å². The molecule has 0 heterocycles. The number of phenolic OH excluding ortho intramolecular Hbond substituents is 1. The fraction of sp³-hybridized carbons (Fsp3) is 0.125. The molecule has 0 spiro atoms. The van der Waals surface area contributed by atoms with Crippen molar-refractivity contribution in [3.8, 4) is 17.2 Å². The van der Waals surface area contributed by atoms with Crippen LogP contribution in [-0.4, -0.2) is 31.4 Å². The normalized spacial score (nSPS) is 10.7.